The van der Waals surface area contributed by atoms with Gasteiger partial charge in [-0.05, 0) is 77.3 Å². The Kier molecular flexibility index (Phi) is 12.9. The lowest BCUT2D eigenvalue weighted by molar-refractivity contribution is -0.0122. The van der Waals surface area contributed by atoms with Crippen molar-refractivity contribution in [3.63, 3.8) is 0 Å². The van der Waals surface area contributed by atoms with E-state index in [1.807, 2.05) is 27.7 Å². The molecular formula is C32H48N4O7S. The summed E-state index contributed by atoms with van der Waals surface area (Å²) < 4.78 is 41.2. The van der Waals surface area contributed by atoms with Crippen LogP contribution in [-0.4, -0.2) is 92.9 Å². The maximum atomic E-state index is 14.2. The van der Waals surface area contributed by atoms with Gasteiger partial charge in [-0.3, -0.25) is 9.52 Å². The number of fused-ring (bicyclic) bond motifs is 1. The minimum atomic E-state index is -3.90. The van der Waals surface area contributed by atoms with Crippen molar-refractivity contribution in [2.75, 3.05) is 38.1 Å². The zero-order valence-corrected chi connectivity index (χ0v) is 27.5. The van der Waals surface area contributed by atoms with E-state index in [0.717, 1.165) is 12.8 Å². The number of nitrogens with one attached hydrogen (secondary N) is 2. The molecule has 1 heterocycles. The van der Waals surface area contributed by atoms with Crippen molar-refractivity contribution in [1.29, 1.82) is 0 Å². The van der Waals surface area contributed by atoms with Crippen molar-refractivity contribution >= 4 is 27.6 Å². The highest BCUT2D eigenvalue weighted by Gasteiger charge is 2.31. The lowest BCUT2D eigenvalue weighted by Gasteiger charge is -2.36. The second kappa shape index (κ2) is 16.1. The van der Waals surface area contributed by atoms with Crippen LogP contribution in [0.4, 0.5) is 10.5 Å². The molecule has 44 heavy (non-hydrogen) atoms. The molecule has 3 rings (SSSR count). The molecule has 0 aromatic heterocycles. The number of sulfonamides is 1. The van der Waals surface area contributed by atoms with Gasteiger partial charge in [0.2, 0.25) is 0 Å². The van der Waals surface area contributed by atoms with Crippen LogP contribution >= 0.6 is 0 Å². The van der Waals surface area contributed by atoms with E-state index in [1.165, 1.54) is 18.2 Å². The third-order valence-corrected chi connectivity index (χ3v) is 8.97. The molecule has 1 aliphatic heterocycles. The molecule has 0 bridgehead atoms. The topological polar surface area (TPSA) is 138 Å². The van der Waals surface area contributed by atoms with Crippen molar-refractivity contribution in [3.05, 3.63) is 54.1 Å². The van der Waals surface area contributed by atoms with E-state index < -0.39 is 22.0 Å². The van der Waals surface area contributed by atoms with Crippen LogP contribution in [0.25, 0.3) is 0 Å². The van der Waals surface area contributed by atoms with Crippen LogP contribution in [0.15, 0.2) is 53.4 Å². The highest BCUT2D eigenvalue weighted by molar-refractivity contribution is 7.92. The molecule has 3 amide bonds. The predicted molar refractivity (Wildman–Crippen MR) is 170 cm³/mol. The SMILES string of the molecule is CC(C)NC(=O)N(C)C[C@H]1OCCCC[C@H](C)Oc2ccc(NS(=O)(=O)c3ccccc3)cc2C(=O)N([C@@H](C)CO)C[C@@H]1C. The number of ether oxygens (including phenoxy) is 2. The number of hydrogen-bond acceptors (Lipinski definition) is 7. The van der Waals surface area contributed by atoms with Crippen LogP contribution in [0.1, 0.15) is 64.2 Å². The molecule has 0 radical (unpaired) electrons. The van der Waals surface area contributed by atoms with Gasteiger partial charge in [-0.15, -0.1) is 0 Å². The predicted octanol–water partition coefficient (Wildman–Crippen LogP) is 4.33. The van der Waals surface area contributed by atoms with Crippen LogP contribution in [-0.2, 0) is 14.8 Å². The second-order valence-electron chi connectivity index (χ2n) is 11.9. The summed E-state index contributed by atoms with van der Waals surface area (Å²) in [6, 6.07) is 11.9. The van der Waals surface area contributed by atoms with Crippen molar-refractivity contribution in [1.82, 2.24) is 15.1 Å². The molecule has 4 atom stereocenters. The fourth-order valence-corrected chi connectivity index (χ4v) is 6.04. The summed E-state index contributed by atoms with van der Waals surface area (Å²) in [5.41, 5.74) is 0.391. The first-order chi connectivity index (χ1) is 20.8. The van der Waals surface area contributed by atoms with Gasteiger partial charge in [0.25, 0.3) is 15.9 Å². The van der Waals surface area contributed by atoms with Crippen LogP contribution in [0.5, 0.6) is 5.75 Å². The molecule has 11 nitrogen and oxygen atoms in total. The quantitative estimate of drug-likeness (QED) is 0.394. The van der Waals surface area contributed by atoms with Gasteiger partial charge in [0.1, 0.15) is 5.75 Å². The maximum absolute atomic E-state index is 14.2. The molecule has 2 aromatic carbocycles. The normalized spacial score (nSPS) is 21.0. The number of aliphatic hydroxyl groups excluding tert-OH is 1. The highest BCUT2D eigenvalue weighted by Crippen LogP contribution is 2.29. The monoisotopic (exact) mass is 632 g/mol. The van der Waals surface area contributed by atoms with Crippen molar-refractivity contribution in [2.45, 2.75) is 83.1 Å². The number of anilines is 1. The van der Waals surface area contributed by atoms with Gasteiger partial charge in [-0.1, -0.05) is 25.1 Å². The molecule has 12 heteroatoms. The van der Waals surface area contributed by atoms with Crippen LogP contribution in [0, 0.1) is 5.92 Å². The number of carbonyl (C=O) groups excluding carboxylic acids is 2. The fourth-order valence-electron chi connectivity index (χ4n) is 4.97. The van der Waals surface area contributed by atoms with E-state index in [2.05, 4.69) is 10.0 Å². The Bertz CT molecular complexity index is 1340. The maximum Gasteiger partial charge on any atom is 0.317 e. The molecule has 2 aromatic rings. The first kappa shape index (κ1) is 35.1. The average molecular weight is 633 g/mol. The largest absolute Gasteiger partial charge is 0.490 e. The highest BCUT2D eigenvalue weighted by atomic mass is 32.2. The molecule has 0 saturated carbocycles. The number of hydrogen-bond donors (Lipinski definition) is 3. The molecule has 244 valence electrons. The Morgan fingerprint density at radius 3 is 2.48 bits per heavy atom. The van der Waals surface area contributed by atoms with Gasteiger partial charge in [0.15, 0.2) is 0 Å². The average Bonchev–Trinajstić information content (AvgIpc) is 2.98. The van der Waals surface area contributed by atoms with Crippen molar-refractivity contribution < 1.29 is 32.6 Å². The number of benzene rings is 2. The zero-order chi connectivity index (χ0) is 32.4. The Morgan fingerprint density at radius 1 is 1.11 bits per heavy atom. The molecule has 1 aliphatic rings. The van der Waals surface area contributed by atoms with Crippen LogP contribution in [0.3, 0.4) is 0 Å². The molecular weight excluding hydrogens is 584 g/mol. The molecule has 0 saturated heterocycles. The smallest absolute Gasteiger partial charge is 0.317 e. The van der Waals surface area contributed by atoms with Crippen molar-refractivity contribution in [2.24, 2.45) is 5.92 Å². The molecule has 0 aliphatic carbocycles. The van der Waals surface area contributed by atoms with E-state index in [4.69, 9.17) is 9.47 Å². The van der Waals surface area contributed by atoms with Gasteiger partial charge in [-0.25, -0.2) is 13.2 Å². The van der Waals surface area contributed by atoms with E-state index in [1.54, 1.807) is 54.1 Å². The number of nitrogens with zero attached hydrogens (tertiary/aromatic N) is 2. The van der Waals surface area contributed by atoms with E-state index >= 15 is 0 Å². The molecule has 0 spiro atoms. The van der Waals surface area contributed by atoms with E-state index in [0.29, 0.717) is 25.3 Å². The summed E-state index contributed by atoms with van der Waals surface area (Å²) in [5, 5.41) is 13.0. The van der Waals surface area contributed by atoms with E-state index in [9.17, 15) is 23.1 Å². The van der Waals surface area contributed by atoms with Crippen LogP contribution in [0.2, 0.25) is 0 Å². The Hall–Kier alpha value is -3.35. The first-order valence-electron chi connectivity index (χ1n) is 15.3. The number of urea groups is 1. The third-order valence-electron chi connectivity index (χ3n) is 7.57. The number of amides is 3. The first-order valence-corrected chi connectivity index (χ1v) is 16.7. The molecule has 3 N–H and O–H groups in total. The van der Waals surface area contributed by atoms with Crippen molar-refractivity contribution in [3.8, 4) is 5.75 Å². The fraction of sp³-hybridized carbons (Fsp3) is 0.562. The Labute approximate surface area is 262 Å². The summed E-state index contributed by atoms with van der Waals surface area (Å²) in [7, 11) is -2.19. The van der Waals surface area contributed by atoms with Gasteiger partial charge >= 0.3 is 6.03 Å². The van der Waals surface area contributed by atoms with E-state index in [-0.39, 0.29) is 59.5 Å². The number of likely N-dealkylation sites (N-methyl/N-ethyl adjacent to an activating group) is 1. The number of aliphatic hydroxyl groups is 1. The number of rotatable bonds is 8. The van der Waals surface area contributed by atoms with Gasteiger partial charge < -0.3 is 29.7 Å². The lowest BCUT2D eigenvalue weighted by Crippen LogP contribution is -2.49. The minimum Gasteiger partial charge on any atom is -0.490 e. The second-order valence-corrected chi connectivity index (χ2v) is 13.6. The minimum absolute atomic E-state index is 0.0165. The summed E-state index contributed by atoms with van der Waals surface area (Å²) in [6.45, 7) is 10.2. The van der Waals surface area contributed by atoms with Crippen LogP contribution < -0.4 is 14.8 Å². The third kappa shape index (κ3) is 9.83. The van der Waals surface area contributed by atoms with Gasteiger partial charge in [0.05, 0.1) is 35.3 Å². The Balaban J connectivity index is 1.98. The standard InChI is InChI=1S/C32H48N4O7S/c1-22(2)33-32(39)35(6)20-30-23(3)19-36(24(4)21-37)31(38)28-18-26(34-44(40,41)27-13-8-7-9-14-27)15-16-29(28)43-25(5)12-10-11-17-42-30/h7-9,13-16,18,22-25,30,34,37H,10-12,17,19-21H2,1-6H3,(H,33,39)/t23-,24-,25-,30+/m0/s1. The summed E-state index contributed by atoms with van der Waals surface area (Å²) >= 11 is 0. The summed E-state index contributed by atoms with van der Waals surface area (Å²) in [4.78, 5) is 30.1. The van der Waals surface area contributed by atoms with Gasteiger partial charge in [0, 0.05) is 44.4 Å². The molecule has 0 unspecified atom stereocenters. The van der Waals surface area contributed by atoms with Gasteiger partial charge in [-0.2, -0.15) is 0 Å². The lowest BCUT2D eigenvalue weighted by atomic mass is 10.0. The summed E-state index contributed by atoms with van der Waals surface area (Å²) in [5.74, 6) is -0.292. The molecule has 0 fully saturated rings. The Morgan fingerprint density at radius 2 is 1.82 bits per heavy atom. The summed E-state index contributed by atoms with van der Waals surface area (Å²) in [6.07, 6.45) is 1.74. The number of carbonyl (C=O) groups is 2. The zero-order valence-electron chi connectivity index (χ0n) is 26.7.